The van der Waals surface area contributed by atoms with E-state index >= 15 is 0 Å². The number of likely N-dealkylation sites (tertiary alicyclic amines) is 1. The van der Waals surface area contributed by atoms with Gasteiger partial charge in [-0.25, -0.2) is 0 Å². The standard InChI is InChI=1S/C15H16BrNO2/c1-2-8-17-13(18)9-15(14(17)19)7-6-10-11(15)4-3-5-12(10)16/h3-5H,2,6-9H2,1H3. The van der Waals surface area contributed by atoms with Crippen molar-refractivity contribution in [2.75, 3.05) is 6.54 Å². The van der Waals surface area contributed by atoms with Crippen LogP contribution in [0.4, 0.5) is 0 Å². The highest BCUT2D eigenvalue weighted by atomic mass is 79.9. The van der Waals surface area contributed by atoms with Crippen LogP contribution in [-0.4, -0.2) is 23.3 Å². The fraction of sp³-hybridized carbons (Fsp3) is 0.467. The molecule has 1 aliphatic carbocycles. The van der Waals surface area contributed by atoms with Crippen LogP contribution in [0.3, 0.4) is 0 Å². The lowest BCUT2D eigenvalue weighted by Gasteiger charge is -2.22. The molecule has 1 fully saturated rings. The molecule has 1 aromatic rings. The molecule has 0 saturated carbocycles. The molecule has 3 rings (SSSR count). The van der Waals surface area contributed by atoms with Crippen LogP contribution in [0.15, 0.2) is 22.7 Å². The van der Waals surface area contributed by atoms with E-state index in [1.54, 1.807) is 0 Å². The summed E-state index contributed by atoms with van der Waals surface area (Å²) in [5.74, 6) is -0.00382. The molecule has 0 radical (unpaired) electrons. The molecule has 1 spiro atoms. The minimum absolute atomic E-state index is 0.0104. The molecule has 1 saturated heterocycles. The van der Waals surface area contributed by atoms with E-state index < -0.39 is 5.41 Å². The van der Waals surface area contributed by atoms with Crippen molar-refractivity contribution in [1.82, 2.24) is 4.90 Å². The summed E-state index contributed by atoms with van der Waals surface area (Å²) < 4.78 is 1.05. The third-order valence-electron chi connectivity index (χ3n) is 4.29. The van der Waals surface area contributed by atoms with Crippen LogP contribution in [-0.2, 0) is 21.4 Å². The van der Waals surface area contributed by atoms with Gasteiger partial charge in [-0.3, -0.25) is 14.5 Å². The fourth-order valence-electron chi connectivity index (χ4n) is 3.39. The Balaban J connectivity index is 2.07. The molecule has 0 bridgehead atoms. The maximum Gasteiger partial charge on any atom is 0.240 e. The summed E-state index contributed by atoms with van der Waals surface area (Å²) in [6.07, 6.45) is 2.79. The highest BCUT2D eigenvalue weighted by Gasteiger charge is 2.55. The van der Waals surface area contributed by atoms with E-state index in [-0.39, 0.29) is 11.8 Å². The summed E-state index contributed by atoms with van der Waals surface area (Å²) in [7, 11) is 0. The molecule has 0 aromatic heterocycles. The van der Waals surface area contributed by atoms with Gasteiger partial charge >= 0.3 is 0 Å². The van der Waals surface area contributed by atoms with Crippen LogP contribution in [0, 0.1) is 0 Å². The van der Waals surface area contributed by atoms with Crippen molar-refractivity contribution in [2.24, 2.45) is 0 Å². The molecule has 100 valence electrons. The van der Waals surface area contributed by atoms with Gasteiger partial charge in [0.1, 0.15) is 0 Å². The zero-order valence-electron chi connectivity index (χ0n) is 10.9. The van der Waals surface area contributed by atoms with Gasteiger partial charge in [-0.2, -0.15) is 0 Å². The van der Waals surface area contributed by atoms with E-state index in [1.807, 2.05) is 25.1 Å². The molecule has 19 heavy (non-hydrogen) atoms. The summed E-state index contributed by atoms with van der Waals surface area (Å²) in [6.45, 7) is 2.54. The maximum absolute atomic E-state index is 12.7. The molecule has 0 N–H and O–H groups in total. The van der Waals surface area contributed by atoms with Crippen molar-refractivity contribution >= 4 is 27.7 Å². The molecule has 4 heteroatoms. The highest BCUT2D eigenvalue weighted by Crippen LogP contribution is 2.48. The Labute approximate surface area is 121 Å². The lowest BCUT2D eigenvalue weighted by Crippen LogP contribution is -2.37. The number of nitrogens with zero attached hydrogens (tertiary/aromatic N) is 1. The highest BCUT2D eigenvalue weighted by molar-refractivity contribution is 9.10. The maximum atomic E-state index is 12.7. The van der Waals surface area contributed by atoms with Crippen LogP contribution in [0.5, 0.6) is 0 Å². The third-order valence-corrected chi connectivity index (χ3v) is 5.03. The number of fused-ring (bicyclic) bond motifs is 2. The minimum atomic E-state index is -0.578. The number of benzene rings is 1. The second kappa shape index (κ2) is 4.44. The Kier molecular flexibility index (Phi) is 3.01. The Morgan fingerprint density at radius 2 is 2.16 bits per heavy atom. The topological polar surface area (TPSA) is 37.4 Å². The second-order valence-corrected chi connectivity index (χ2v) is 6.23. The van der Waals surface area contributed by atoms with Gasteiger partial charge in [0.05, 0.1) is 5.41 Å². The van der Waals surface area contributed by atoms with Crippen LogP contribution >= 0.6 is 15.9 Å². The zero-order valence-corrected chi connectivity index (χ0v) is 12.5. The van der Waals surface area contributed by atoms with Gasteiger partial charge in [0.2, 0.25) is 11.8 Å². The average Bonchev–Trinajstić information content (AvgIpc) is 2.86. The molecule has 3 nitrogen and oxygen atoms in total. The van der Waals surface area contributed by atoms with Gasteiger partial charge in [0.15, 0.2) is 0 Å². The molecule has 2 aliphatic rings. The van der Waals surface area contributed by atoms with Crippen molar-refractivity contribution in [3.63, 3.8) is 0 Å². The van der Waals surface area contributed by atoms with Gasteiger partial charge in [0.25, 0.3) is 0 Å². The Morgan fingerprint density at radius 1 is 1.37 bits per heavy atom. The van der Waals surface area contributed by atoms with Crippen molar-refractivity contribution in [2.45, 2.75) is 38.0 Å². The van der Waals surface area contributed by atoms with Crippen LogP contribution in [0.2, 0.25) is 0 Å². The number of hydrogen-bond donors (Lipinski definition) is 0. The number of imide groups is 1. The predicted molar refractivity (Wildman–Crippen MR) is 75.8 cm³/mol. The number of carbonyl (C=O) groups excluding carboxylic acids is 2. The number of hydrogen-bond acceptors (Lipinski definition) is 2. The van der Waals surface area contributed by atoms with Gasteiger partial charge in [0, 0.05) is 17.4 Å². The van der Waals surface area contributed by atoms with Crippen molar-refractivity contribution in [3.05, 3.63) is 33.8 Å². The van der Waals surface area contributed by atoms with Crippen LogP contribution in [0.25, 0.3) is 0 Å². The Morgan fingerprint density at radius 3 is 2.89 bits per heavy atom. The predicted octanol–water partition coefficient (Wildman–Crippen LogP) is 2.80. The first-order chi connectivity index (χ1) is 9.10. The fourth-order valence-corrected chi connectivity index (χ4v) is 3.95. The lowest BCUT2D eigenvalue weighted by molar-refractivity contribution is -0.139. The monoisotopic (exact) mass is 321 g/mol. The van der Waals surface area contributed by atoms with Crippen LogP contribution < -0.4 is 0 Å². The lowest BCUT2D eigenvalue weighted by atomic mass is 9.80. The number of amides is 2. The van der Waals surface area contributed by atoms with Gasteiger partial charge in [-0.15, -0.1) is 0 Å². The molecule has 1 unspecified atom stereocenters. The summed E-state index contributed by atoms with van der Waals surface area (Å²) in [6, 6.07) is 5.97. The Hall–Kier alpha value is -1.16. The molecule has 1 atom stereocenters. The van der Waals surface area contributed by atoms with E-state index in [2.05, 4.69) is 15.9 Å². The summed E-state index contributed by atoms with van der Waals surface area (Å²) in [4.78, 5) is 26.3. The molecular formula is C15H16BrNO2. The number of halogens is 1. The second-order valence-electron chi connectivity index (χ2n) is 5.38. The van der Waals surface area contributed by atoms with E-state index in [0.717, 1.165) is 29.3 Å². The quantitative estimate of drug-likeness (QED) is 0.785. The zero-order chi connectivity index (χ0) is 13.6. The summed E-state index contributed by atoms with van der Waals surface area (Å²) in [5.41, 5.74) is 1.67. The average molecular weight is 322 g/mol. The Bertz CT molecular complexity index is 569. The van der Waals surface area contributed by atoms with E-state index in [1.165, 1.54) is 10.5 Å². The van der Waals surface area contributed by atoms with E-state index in [9.17, 15) is 9.59 Å². The first-order valence-corrected chi connectivity index (χ1v) is 7.52. The van der Waals surface area contributed by atoms with E-state index in [4.69, 9.17) is 0 Å². The summed E-state index contributed by atoms with van der Waals surface area (Å²) >= 11 is 3.55. The number of carbonyl (C=O) groups is 2. The largest absolute Gasteiger partial charge is 0.282 e. The van der Waals surface area contributed by atoms with Crippen molar-refractivity contribution in [1.29, 1.82) is 0 Å². The van der Waals surface area contributed by atoms with Crippen molar-refractivity contribution in [3.8, 4) is 0 Å². The molecule has 1 aromatic carbocycles. The first-order valence-electron chi connectivity index (χ1n) is 6.73. The summed E-state index contributed by atoms with van der Waals surface area (Å²) in [5, 5.41) is 0. The molecular weight excluding hydrogens is 306 g/mol. The number of rotatable bonds is 2. The third kappa shape index (κ3) is 1.69. The normalized spacial score (nSPS) is 25.5. The smallest absolute Gasteiger partial charge is 0.240 e. The molecule has 1 aliphatic heterocycles. The van der Waals surface area contributed by atoms with Gasteiger partial charge in [-0.05, 0) is 36.5 Å². The first kappa shape index (κ1) is 12.9. The van der Waals surface area contributed by atoms with Crippen molar-refractivity contribution < 1.29 is 9.59 Å². The van der Waals surface area contributed by atoms with Gasteiger partial charge < -0.3 is 0 Å². The van der Waals surface area contributed by atoms with E-state index in [0.29, 0.717) is 13.0 Å². The van der Waals surface area contributed by atoms with Gasteiger partial charge in [-0.1, -0.05) is 35.0 Å². The molecule has 2 amide bonds. The SMILES string of the molecule is CCCN1C(=O)CC2(CCc3c(Br)cccc32)C1=O. The minimum Gasteiger partial charge on any atom is -0.282 e. The molecule has 1 heterocycles. The van der Waals surface area contributed by atoms with Crippen LogP contribution in [0.1, 0.15) is 37.3 Å².